The summed E-state index contributed by atoms with van der Waals surface area (Å²) < 4.78 is 0.885. The Morgan fingerprint density at radius 1 is 1.46 bits per heavy atom. The van der Waals surface area contributed by atoms with Crippen molar-refractivity contribution in [3.05, 3.63) is 38.9 Å². The maximum atomic E-state index is 11.3. The van der Waals surface area contributed by atoms with Crippen molar-refractivity contribution in [2.75, 3.05) is 0 Å². The number of aryl methyl sites for hydroxylation is 1. The Morgan fingerprint density at radius 2 is 2.23 bits per heavy atom. The number of hydrogen-bond donors (Lipinski definition) is 1. The number of aromatic nitrogens is 2. The number of hydrogen-bond acceptors (Lipinski definition) is 2. The first kappa shape index (κ1) is 8.44. The summed E-state index contributed by atoms with van der Waals surface area (Å²) in [7, 11) is 0. The average molecular weight is 239 g/mol. The van der Waals surface area contributed by atoms with Gasteiger partial charge >= 0.3 is 0 Å². The molecule has 0 radical (unpaired) electrons. The molecule has 0 saturated heterocycles. The number of halogens is 1. The molecule has 66 valence electrons. The zero-order valence-corrected chi connectivity index (χ0v) is 8.55. The molecule has 0 amide bonds. The molecule has 1 aromatic carbocycles. The molecule has 2 aromatic rings. The zero-order chi connectivity index (χ0) is 9.42. The van der Waals surface area contributed by atoms with Gasteiger partial charge in [0, 0.05) is 4.47 Å². The standard InChI is InChI=1S/C9H7BrN2O/c1-5-2-3-6-8(7(5)10)11-4-12-9(6)13/h2-4H,1H3,(H,11,12,13). The Kier molecular flexibility index (Phi) is 1.92. The zero-order valence-electron chi connectivity index (χ0n) is 6.97. The quantitative estimate of drug-likeness (QED) is 0.764. The lowest BCUT2D eigenvalue weighted by atomic mass is 10.2. The predicted molar refractivity (Wildman–Crippen MR) is 54.8 cm³/mol. The molecule has 0 unspecified atom stereocenters. The van der Waals surface area contributed by atoms with Crippen LogP contribution in [0.3, 0.4) is 0 Å². The number of aromatic amines is 1. The fourth-order valence-corrected chi connectivity index (χ4v) is 1.66. The lowest BCUT2D eigenvalue weighted by Crippen LogP contribution is -2.06. The maximum absolute atomic E-state index is 11.3. The molecular formula is C9H7BrN2O. The number of fused-ring (bicyclic) bond motifs is 1. The van der Waals surface area contributed by atoms with E-state index in [0.717, 1.165) is 10.0 Å². The normalized spacial score (nSPS) is 10.6. The van der Waals surface area contributed by atoms with Gasteiger partial charge in [0.05, 0.1) is 17.2 Å². The van der Waals surface area contributed by atoms with Gasteiger partial charge in [0.25, 0.3) is 5.56 Å². The van der Waals surface area contributed by atoms with Crippen LogP contribution in [0.15, 0.2) is 27.7 Å². The molecule has 3 nitrogen and oxygen atoms in total. The topological polar surface area (TPSA) is 45.8 Å². The van der Waals surface area contributed by atoms with E-state index < -0.39 is 0 Å². The number of benzene rings is 1. The summed E-state index contributed by atoms with van der Waals surface area (Å²) in [6.07, 6.45) is 1.41. The van der Waals surface area contributed by atoms with Gasteiger partial charge in [-0.15, -0.1) is 0 Å². The Bertz CT molecular complexity index is 518. The van der Waals surface area contributed by atoms with Gasteiger partial charge in [0.2, 0.25) is 0 Å². The summed E-state index contributed by atoms with van der Waals surface area (Å²) in [5, 5.41) is 0.611. The van der Waals surface area contributed by atoms with Gasteiger partial charge in [-0.25, -0.2) is 4.98 Å². The highest BCUT2D eigenvalue weighted by Crippen LogP contribution is 2.22. The van der Waals surface area contributed by atoms with Gasteiger partial charge in [-0.1, -0.05) is 6.07 Å². The smallest absolute Gasteiger partial charge is 0.258 e. The molecule has 0 spiro atoms. The van der Waals surface area contributed by atoms with E-state index in [9.17, 15) is 4.79 Å². The molecule has 0 aliphatic heterocycles. The molecule has 0 aliphatic carbocycles. The van der Waals surface area contributed by atoms with Crippen LogP contribution in [0, 0.1) is 6.92 Å². The molecule has 0 bridgehead atoms. The van der Waals surface area contributed by atoms with Crippen molar-refractivity contribution in [2.24, 2.45) is 0 Å². The minimum absolute atomic E-state index is 0.106. The van der Waals surface area contributed by atoms with Crippen molar-refractivity contribution < 1.29 is 0 Å². The summed E-state index contributed by atoms with van der Waals surface area (Å²) in [6.45, 7) is 1.96. The van der Waals surface area contributed by atoms with Gasteiger partial charge in [0.15, 0.2) is 0 Å². The van der Waals surface area contributed by atoms with E-state index in [-0.39, 0.29) is 5.56 Å². The maximum Gasteiger partial charge on any atom is 0.258 e. The van der Waals surface area contributed by atoms with Crippen molar-refractivity contribution in [3.63, 3.8) is 0 Å². The van der Waals surface area contributed by atoms with E-state index in [0.29, 0.717) is 10.9 Å². The molecule has 4 heteroatoms. The van der Waals surface area contributed by atoms with Gasteiger partial charge in [0.1, 0.15) is 0 Å². The molecule has 0 saturated carbocycles. The molecule has 1 aromatic heterocycles. The van der Waals surface area contributed by atoms with Crippen LogP contribution in [0.1, 0.15) is 5.56 Å². The van der Waals surface area contributed by atoms with Crippen LogP contribution in [0.4, 0.5) is 0 Å². The molecule has 0 atom stereocenters. The van der Waals surface area contributed by atoms with E-state index in [2.05, 4.69) is 25.9 Å². The third kappa shape index (κ3) is 1.27. The monoisotopic (exact) mass is 238 g/mol. The summed E-state index contributed by atoms with van der Waals surface area (Å²) in [5.74, 6) is 0. The van der Waals surface area contributed by atoms with E-state index >= 15 is 0 Å². The van der Waals surface area contributed by atoms with E-state index in [1.165, 1.54) is 6.33 Å². The second kappa shape index (κ2) is 2.96. The number of nitrogens with zero attached hydrogens (tertiary/aromatic N) is 1. The summed E-state index contributed by atoms with van der Waals surface area (Å²) in [4.78, 5) is 18.0. The molecule has 0 fully saturated rings. The third-order valence-electron chi connectivity index (χ3n) is 1.94. The first-order valence-corrected chi connectivity index (χ1v) is 4.62. The van der Waals surface area contributed by atoms with Crippen molar-refractivity contribution in [3.8, 4) is 0 Å². The van der Waals surface area contributed by atoms with Crippen LogP contribution >= 0.6 is 15.9 Å². The minimum atomic E-state index is -0.106. The minimum Gasteiger partial charge on any atom is -0.313 e. The third-order valence-corrected chi connectivity index (χ3v) is 2.94. The number of nitrogens with one attached hydrogen (secondary N) is 1. The van der Waals surface area contributed by atoms with Crippen molar-refractivity contribution in [1.29, 1.82) is 0 Å². The Morgan fingerprint density at radius 3 is 3.00 bits per heavy atom. The highest BCUT2D eigenvalue weighted by molar-refractivity contribution is 9.10. The lowest BCUT2D eigenvalue weighted by molar-refractivity contribution is 1.16. The first-order valence-electron chi connectivity index (χ1n) is 3.82. The Hall–Kier alpha value is -1.16. The largest absolute Gasteiger partial charge is 0.313 e. The molecular weight excluding hydrogens is 232 g/mol. The van der Waals surface area contributed by atoms with E-state index in [1.54, 1.807) is 6.07 Å². The van der Waals surface area contributed by atoms with Crippen LogP contribution < -0.4 is 5.56 Å². The Balaban J connectivity index is 3.03. The SMILES string of the molecule is Cc1ccc2c(=O)[nH]cnc2c1Br. The second-order valence-corrected chi connectivity index (χ2v) is 3.62. The van der Waals surface area contributed by atoms with Crippen LogP contribution in [0.25, 0.3) is 10.9 Å². The molecule has 0 aliphatic rings. The second-order valence-electron chi connectivity index (χ2n) is 2.82. The van der Waals surface area contributed by atoms with Crippen LogP contribution in [-0.4, -0.2) is 9.97 Å². The Labute approximate surface area is 82.9 Å². The van der Waals surface area contributed by atoms with E-state index in [1.807, 2.05) is 13.0 Å². The average Bonchev–Trinajstić information content (AvgIpc) is 2.12. The number of H-pyrrole nitrogens is 1. The first-order chi connectivity index (χ1) is 6.20. The predicted octanol–water partition coefficient (Wildman–Crippen LogP) is 1.99. The van der Waals surface area contributed by atoms with Crippen molar-refractivity contribution in [2.45, 2.75) is 6.92 Å². The molecule has 13 heavy (non-hydrogen) atoms. The number of rotatable bonds is 0. The van der Waals surface area contributed by atoms with Crippen LogP contribution in [0.5, 0.6) is 0 Å². The molecule has 2 rings (SSSR count). The summed E-state index contributed by atoms with van der Waals surface area (Å²) >= 11 is 3.40. The highest BCUT2D eigenvalue weighted by atomic mass is 79.9. The van der Waals surface area contributed by atoms with Crippen LogP contribution in [-0.2, 0) is 0 Å². The van der Waals surface area contributed by atoms with Crippen molar-refractivity contribution >= 4 is 26.8 Å². The van der Waals surface area contributed by atoms with Gasteiger partial charge in [-0.05, 0) is 34.5 Å². The lowest BCUT2D eigenvalue weighted by Gasteiger charge is -2.00. The fourth-order valence-electron chi connectivity index (χ4n) is 1.21. The van der Waals surface area contributed by atoms with Gasteiger partial charge < -0.3 is 4.98 Å². The summed E-state index contributed by atoms with van der Waals surface area (Å²) in [5.41, 5.74) is 1.68. The molecule has 1 N–H and O–H groups in total. The van der Waals surface area contributed by atoms with Gasteiger partial charge in [-0.3, -0.25) is 4.79 Å². The van der Waals surface area contributed by atoms with Crippen LogP contribution in [0.2, 0.25) is 0 Å². The highest BCUT2D eigenvalue weighted by Gasteiger charge is 2.04. The van der Waals surface area contributed by atoms with Gasteiger partial charge in [-0.2, -0.15) is 0 Å². The van der Waals surface area contributed by atoms with Crippen molar-refractivity contribution in [1.82, 2.24) is 9.97 Å². The molecule has 1 heterocycles. The van der Waals surface area contributed by atoms with E-state index in [4.69, 9.17) is 0 Å². The fraction of sp³-hybridized carbons (Fsp3) is 0.111. The summed E-state index contributed by atoms with van der Waals surface area (Å²) in [6, 6.07) is 3.67.